The molecule has 0 aromatic heterocycles. The zero-order valence-electron chi connectivity index (χ0n) is 12.1. The third-order valence-electron chi connectivity index (χ3n) is 3.37. The van der Waals surface area contributed by atoms with Crippen molar-refractivity contribution in [1.29, 1.82) is 5.26 Å². The lowest BCUT2D eigenvalue weighted by Crippen LogP contribution is -2.16. The molecule has 0 fully saturated rings. The second-order valence-electron chi connectivity index (χ2n) is 4.84. The lowest BCUT2D eigenvalue weighted by Gasteiger charge is -2.13. The molecule has 22 heavy (non-hydrogen) atoms. The predicted molar refractivity (Wildman–Crippen MR) is 87.0 cm³/mol. The van der Waals surface area contributed by atoms with Crippen molar-refractivity contribution >= 4 is 17.2 Å². The Morgan fingerprint density at radius 3 is 2.45 bits per heavy atom. The van der Waals surface area contributed by atoms with Gasteiger partial charge in [-0.15, -0.1) is 0 Å². The van der Waals surface area contributed by atoms with Crippen LogP contribution in [0.15, 0.2) is 48.2 Å². The summed E-state index contributed by atoms with van der Waals surface area (Å²) < 4.78 is 0. The van der Waals surface area contributed by atoms with Gasteiger partial charge in [0.15, 0.2) is 5.78 Å². The smallest absolute Gasteiger partial charge is 0.177 e. The molecule has 5 heteroatoms. The number of nitrogens with two attached hydrogens (primary N) is 3. The summed E-state index contributed by atoms with van der Waals surface area (Å²) in [5.74, 6) is -0.311. The second-order valence-corrected chi connectivity index (χ2v) is 4.84. The fourth-order valence-corrected chi connectivity index (χ4v) is 2.14. The molecule has 6 N–H and O–H groups in total. The van der Waals surface area contributed by atoms with Crippen LogP contribution in [0.2, 0.25) is 0 Å². The molecule has 0 amide bonds. The largest absolute Gasteiger partial charge is 0.398 e. The Kier molecular flexibility index (Phi) is 4.14. The second kappa shape index (κ2) is 6.02. The van der Waals surface area contributed by atoms with E-state index in [0.29, 0.717) is 16.8 Å². The first-order valence-corrected chi connectivity index (χ1v) is 6.61. The number of rotatable bonds is 3. The van der Waals surface area contributed by atoms with Gasteiger partial charge < -0.3 is 17.2 Å². The van der Waals surface area contributed by atoms with Crippen LogP contribution in [-0.4, -0.2) is 5.78 Å². The van der Waals surface area contributed by atoms with E-state index in [0.717, 1.165) is 11.1 Å². The van der Waals surface area contributed by atoms with E-state index in [2.05, 4.69) is 6.07 Å². The van der Waals surface area contributed by atoms with Crippen molar-refractivity contribution in [2.24, 2.45) is 11.5 Å². The molecule has 0 radical (unpaired) electrons. The lowest BCUT2D eigenvalue weighted by atomic mass is 9.97. The van der Waals surface area contributed by atoms with Gasteiger partial charge in [-0.05, 0) is 17.7 Å². The number of allylic oxidation sites excluding steroid dienone is 1. The Hall–Kier alpha value is -3.26. The van der Waals surface area contributed by atoms with Gasteiger partial charge in [-0.1, -0.05) is 30.3 Å². The molecule has 0 heterocycles. The lowest BCUT2D eigenvalue weighted by molar-refractivity contribution is -0.113. The summed E-state index contributed by atoms with van der Waals surface area (Å²) in [4.78, 5) is 11.4. The first-order valence-electron chi connectivity index (χ1n) is 6.61. The summed E-state index contributed by atoms with van der Waals surface area (Å²) in [7, 11) is 0. The van der Waals surface area contributed by atoms with Gasteiger partial charge in [-0.2, -0.15) is 5.26 Å². The maximum absolute atomic E-state index is 11.4. The van der Waals surface area contributed by atoms with Gasteiger partial charge in [0.05, 0.1) is 23.0 Å². The molecular weight excluding hydrogens is 276 g/mol. The molecule has 0 aliphatic heterocycles. The van der Waals surface area contributed by atoms with Crippen LogP contribution in [0.1, 0.15) is 18.1 Å². The van der Waals surface area contributed by atoms with E-state index in [9.17, 15) is 4.79 Å². The molecule has 0 bridgehead atoms. The summed E-state index contributed by atoms with van der Waals surface area (Å²) in [5, 5.41) is 8.99. The molecule has 2 rings (SSSR count). The van der Waals surface area contributed by atoms with Gasteiger partial charge in [-0.25, -0.2) is 0 Å². The Morgan fingerprint density at radius 2 is 1.82 bits per heavy atom. The van der Waals surface area contributed by atoms with Crippen molar-refractivity contribution in [3.8, 4) is 17.2 Å². The van der Waals surface area contributed by atoms with E-state index < -0.39 is 0 Å². The standard InChI is InChI=1S/C17H16N4O/c1-10(22)15(19)17(21)14-7-3-6-13(16(14)20)12-5-2-4-11(8-12)9-18/h2-8H,19-21H2,1H3/b17-15+. The summed E-state index contributed by atoms with van der Waals surface area (Å²) in [5.41, 5.74) is 21.0. The van der Waals surface area contributed by atoms with Crippen LogP contribution >= 0.6 is 0 Å². The number of Topliss-reactive ketones (excluding diaryl/α,β-unsaturated/α-hetero) is 1. The quantitative estimate of drug-likeness (QED) is 0.590. The zero-order valence-corrected chi connectivity index (χ0v) is 12.1. The van der Waals surface area contributed by atoms with E-state index in [-0.39, 0.29) is 17.2 Å². The highest BCUT2D eigenvalue weighted by Crippen LogP contribution is 2.31. The van der Waals surface area contributed by atoms with Crippen LogP contribution in [0, 0.1) is 11.3 Å². The number of anilines is 1. The highest BCUT2D eigenvalue weighted by Gasteiger charge is 2.13. The minimum absolute atomic E-state index is 0.0189. The van der Waals surface area contributed by atoms with Gasteiger partial charge in [0.25, 0.3) is 0 Å². The van der Waals surface area contributed by atoms with Crippen molar-refractivity contribution < 1.29 is 4.79 Å². The van der Waals surface area contributed by atoms with Gasteiger partial charge >= 0.3 is 0 Å². The fraction of sp³-hybridized carbons (Fsp3) is 0.0588. The number of carbonyl (C=O) groups excluding carboxylic acids is 1. The Labute approximate surface area is 128 Å². The molecule has 110 valence electrons. The van der Waals surface area contributed by atoms with Crippen molar-refractivity contribution in [3.05, 3.63) is 59.3 Å². The molecule has 0 aliphatic rings. The minimum Gasteiger partial charge on any atom is -0.398 e. The predicted octanol–water partition coefficient (Wildman–Crippen LogP) is 1.98. The van der Waals surface area contributed by atoms with Crippen molar-refractivity contribution in [3.63, 3.8) is 0 Å². The first kappa shape index (κ1) is 15.1. The molecule has 0 saturated heterocycles. The molecule has 2 aromatic carbocycles. The number of hydrogen-bond donors (Lipinski definition) is 3. The average molecular weight is 292 g/mol. The van der Waals surface area contributed by atoms with Gasteiger partial charge in [0.1, 0.15) is 0 Å². The maximum Gasteiger partial charge on any atom is 0.177 e. The topological polar surface area (TPSA) is 119 Å². The average Bonchev–Trinajstić information content (AvgIpc) is 2.53. The number of ketones is 1. The van der Waals surface area contributed by atoms with Crippen LogP contribution < -0.4 is 17.2 Å². The monoisotopic (exact) mass is 292 g/mol. The maximum atomic E-state index is 11.4. The fourth-order valence-electron chi connectivity index (χ4n) is 2.14. The van der Waals surface area contributed by atoms with E-state index in [4.69, 9.17) is 22.5 Å². The number of nitrogens with zero attached hydrogens (tertiary/aromatic N) is 1. The van der Waals surface area contributed by atoms with Gasteiger partial charge in [0.2, 0.25) is 0 Å². The minimum atomic E-state index is -0.311. The third-order valence-corrected chi connectivity index (χ3v) is 3.37. The summed E-state index contributed by atoms with van der Waals surface area (Å²) in [6, 6.07) is 14.5. The van der Waals surface area contributed by atoms with Crippen LogP contribution in [0.3, 0.4) is 0 Å². The summed E-state index contributed by atoms with van der Waals surface area (Å²) in [6.45, 7) is 1.35. The number of nitrogen functional groups attached to an aromatic ring is 1. The van der Waals surface area contributed by atoms with Crippen molar-refractivity contribution in [2.45, 2.75) is 6.92 Å². The number of hydrogen-bond acceptors (Lipinski definition) is 5. The number of para-hydroxylation sites is 1. The van der Waals surface area contributed by atoms with E-state index in [1.165, 1.54) is 6.92 Å². The molecule has 5 nitrogen and oxygen atoms in total. The van der Waals surface area contributed by atoms with Crippen molar-refractivity contribution in [2.75, 3.05) is 5.73 Å². The zero-order chi connectivity index (χ0) is 16.3. The first-order chi connectivity index (χ1) is 10.5. The molecule has 2 aromatic rings. The van der Waals surface area contributed by atoms with Crippen molar-refractivity contribution in [1.82, 2.24) is 0 Å². The molecule has 0 spiro atoms. The summed E-state index contributed by atoms with van der Waals surface area (Å²) in [6.07, 6.45) is 0. The highest BCUT2D eigenvalue weighted by atomic mass is 16.1. The summed E-state index contributed by atoms with van der Waals surface area (Å²) >= 11 is 0. The normalized spacial score (nSPS) is 11.5. The Bertz CT molecular complexity index is 816. The van der Waals surface area contributed by atoms with E-state index in [1.54, 1.807) is 30.3 Å². The van der Waals surface area contributed by atoms with Gasteiger partial charge in [0, 0.05) is 23.7 Å². The molecule has 0 atom stereocenters. The third kappa shape index (κ3) is 2.76. The highest BCUT2D eigenvalue weighted by molar-refractivity contribution is 6.01. The van der Waals surface area contributed by atoms with Crippen LogP contribution in [0.4, 0.5) is 5.69 Å². The van der Waals surface area contributed by atoms with E-state index >= 15 is 0 Å². The number of nitriles is 1. The SMILES string of the molecule is CC(=O)/C(N)=C(\N)c1cccc(-c2cccc(C#N)c2)c1N. The Balaban J connectivity index is 2.62. The number of benzene rings is 2. The molecular formula is C17H16N4O. The molecule has 0 saturated carbocycles. The van der Waals surface area contributed by atoms with E-state index in [1.807, 2.05) is 12.1 Å². The molecule has 0 unspecified atom stereocenters. The van der Waals surface area contributed by atoms with Crippen LogP contribution in [0.25, 0.3) is 16.8 Å². The number of carbonyl (C=O) groups is 1. The van der Waals surface area contributed by atoms with Crippen LogP contribution in [0.5, 0.6) is 0 Å². The molecule has 0 aliphatic carbocycles. The Morgan fingerprint density at radius 1 is 1.14 bits per heavy atom. The van der Waals surface area contributed by atoms with Crippen LogP contribution in [-0.2, 0) is 4.79 Å². The van der Waals surface area contributed by atoms with Gasteiger partial charge in [-0.3, -0.25) is 4.79 Å².